The highest BCUT2D eigenvalue weighted by molar-refractivity contribution is 5.48. The quantitative estimate of drug-likeness (QED) is 0.851. The fourth-order valence-electron chi connectivity index (χ4n) is 1.70. The first-order valence-electron chi connectivity index (χ1n) is 5.30. The Labute approximate surface area is 95.6 Å². The van der Waals surface area contributed by atoms with Gasteiger partial charge in [0.1, 0.15) is 6.33 Å². The SMILES string of the molecule is Cc1cc(C)cc(NCc2cncnc2)c1. The third-order valence-electron chi connectivity index (χ3n) is 2.33. The molecule has 0 aliphatic heterocycles. The molecule has 0 aliphatic rings. The summed E-state index contributed by atoms with van der Waals surface area (Å²) < 4.78 is 0. The fraction of sp³-hybridized carbons (Fsp3) is 0.231. The van der Waals surface area contributed by atoms with Crippen LogP contribution in [0, 0.1) is 13.8 Å². The minimum atomic E-state index is 0.754. The van der Waals surface area contributed by atoms with Gasteiger partial charge >= 0.3 is 0 Å². The Balaban J connectivity index is 2.05. The Morgan fingerprint density at radius 1 is 1.00 bits per heavy atom. The second-order valence-corrected chi connectivity index (χ2v) is 3.98. The highest BCUT2D eigenvalue weighted by Gasteiger charge is 1.96. The smallest absolute Gasteiger partial charge is 0.115 e. The van der Waals surface area contributed by atoms with Gasteiger partial charge < -0.3 is 5.32 Å². The minimum absolute atomic E-state index is 0.754. The molecule has 0 unspecified atom stereocenters. The van der Waals surface area contributed by atoms with Gasteiger partial charge in [-0.25, -0.2) is 9.97 Å². The first-order valence-corrected chi connectivity index (χ1v) is 5.30. The Morgan fingerprint density at radius 2 is 1.62 bits per heavy atom. The number of aryl methyl sites for hydroxylation is 2. The van der Waals surface area contributed by atoms with Crippen molar-refractivity contribution in [1.82, 2.24) is 9.97 Å². The molecule has 1 aromatic heterocycles. The lowest BCUT2D eigenvalue weighted by atomic mass is 10.1. The first kappa shape index (κ1) is 10.6. The number of anilines is 1. The molecule has 1 heterocycles. The van der Waals surface area contributed by atoms with Crippen LogP contribution in [0.4, 0.5) is 5.69 Å². The Kier molecular flexibility index (Phi) is 3.15. The summed E-state index contributed by atoms with van der Waals surface area (Å²) in [7, 11) is 0. The number of hydrogen-bond acceptors (Lipinski definition) is 3. The summed E-state index contributed by atoms with van der Waals surface area (Å²) in [5, 5.41) is 3.36. The zero-order valence-electron chi connectivity index (χ0n) is 9.57. The standard InChI is InChI=1S/C13H15N3/c1-10-3-11(2)5-13(4-10)16-8-12-6-14-9-15-7-12/h3-7,9,16H,8H2,1-2H3. The molecular weight excluding hydrogens is 198 g/mol. The van der Waals surface area contributed by atoms with Crippen molar-refractivity contribution in [3.8, 4) is 0 Å². The second kappa shape index (κ2) is 4.75. The first-order chi connectivity index (χ1) is 7.74. The molecule has 16 heavy (non-hydrogen) atoms. The van der Waals surface area contributed by atoms with Gasteiger partial charge in [0.05, 0.1) is 0 Å². The molecule has 0 fully saturated rings. The summed E-state index contributed by atoms with van der Waals surface area (Å²) in [5.74, 6) is 0. The molecule has 0 amide bonds. The van der Waals surface area contributed by atoms with E-state index in [2.05, 4.69) is 47.3 Å². The van der Waals surface area contributed by atoms with Gasteiger partial charge in [-0.1, -0.05) is 6.07 Å². The second-order valence-electron chi connectivity index (χ2n) is 3.98. The highest BCUT2D eigenvalue weighted by Crippen LogP contribution is 2.14. The monoisotopic (exact) mass is 213 g/mol. The van der Waals surface area contributed by atoms with Gasteiger partial charge in [-0.2, -0.15) is 0 Å². The van der Waals surface area contributed by atoms with Crippen molar-refractivity contribution in [3.63, 3.8) is 0 Å². The molecule has 0 radical (unpaired) electrons. The van der Waals surface area contributed by atoms with Crippen LogP contribution in [-0.4, -0.2) is 9.97 Å². The molecule has 0 aliphatic carbocycles. The van der Waals surface area contributed by atoms with Gasteiger partial charge in [0.2, 0.25) is 0 Å². The topological polar surface area (TPSA) is 37.8 Å². The Morgan fingerprint density at radius 3 is 2.25 bits per heavy atom. The van der Waals surface area contributed by atoms with E-state index in [0.717, 1.165) is 17.8 Å². The molecule has 3 nitrogen and oxygen atoms in total. The van der Waals surface area contributed by atoms with Crippen LogP contribution in [-0.2, 0) is 6.54 Å². The molecule has 3 heteroatoms. The Hall–Kier alpha value is -1.90. The van der Waals surface area contributed by atoms with Gasteiger partial charge in [0.25, 0.3) is 0 Å². The van der Waals surface area contributed by atoms with E-state index in [0.29, 0.717) is 0 Å². The molecular formula is C13H15N3. The third-order valence-corrected chi connectivity index (χ3v) is 2.33. The van der Waals surface area contributed by atoms with Crippen molar-refractivity contribution in [1.29, 1.82) is 0 Å². The summed E-state index contributed by atoms with van der Waals surface area (Å²) >= 11 is 0. The average Bonchev–Trinajstić information content (AvgIpc) is 2.27. The van der Waals surface area contributed by atoms with E-state index >= 15 is 0 Å². The molecule has 2 rings (SSSR count). The average molecular weight is 213 g/mol. The minimum Gasteiger partial charge on any atom is -0.381 e. The van der Waals surface area contributed by atoms with Crippen molar-refractivity contribution in [2.45, 2.75) is 20.4 Å². The van der Waals surface area contributed by atoms with Crippen LogP contribution in [0.15, 0.2) is 36.9 Å². The van der Waals surface area contributed by atoms with Crippen LogP contribution in [0.5, 0.6) is 0 Å². The van der Waals surface area contributed by atoms with E-state index in [1.54, 1.807) is 6.33 Å². The maximum atomic E-state index is 3.98. The molecule has 0 saturated carbocycles. The molecule has 0 spiro atoms. The molecule has 0 bridgehead atoms. The molecule has 1 N–H and O–H groups in total. The van der Waals surface area contributed by atoms with Crippen LogP contribution < -0.4 is 5.32 Å². The lowest BCUT2D eigenvalue weighted by Crippen LogP contribution is -2.00. The van der Waals surface area contributed by atoms with Gasteiger partial charge in [0, 0.05) is 30.2 Å². The third kappa shape index (κ3) is 2.79. The van der Waals surface area contributed by atoms with Crippen molar-refractivity contribution in [2.75, 3.05) is 5.32 Å². The highest BCUT2D eigenvalue weighted by atomic mass is 14.9. The lowest BCUT2D eigenvalue weighted by Gasteiger charge is -2.08. The zero-order chi connectivity index (χ0) is 11.4. The predicted octanol–water partition coefficient (Wildman–Crippen LogP) is 2.71. The number of benzene rings is 1. The van der Waals surface area contributed by atoms with E-state index < -0.39 is 0 Å². The van der Waals surface area contributed by atoms with E-state index in [1.807, 2.05) is 12.4 Å². The van der Waals surface area contributed by atoms with Crippen molar-refractivity contribution >= 4 is 5.69 Å². The van der Waals surface area contributed by atoms with Gasteiger partial charge in [0.15, 0.2) is 0 Å². The van der Waals surface area contributed by atoms with Crippen LogP contribution in [0.2, 0.25) is 0 Å². The van der Waals surface area contributed by atoms with Crippen LogP contribution >= 0.6 is 0 Å². The van der Waals surface area contributed by atoms with E-state index in [1.165, 1.54) is 11.1 Å². The van der Waals surface area contributed by atoms with Crippen LogP contribution in [0.25, 0.3) is 0 Å². The normalized spacial score (nSPS) is 10.1. The summed E-state index contributed by atoms with van der Waals surface area (Å²) in [4.78, 5) is 7.96. The molecule has 82 valence electrons. The van der Waals surface area contributed by atoms with E-state index in [9.17, 15) is 0 Å². The number of rotatable bonds is 3. The summed E-state index contributed by atoms with van der Waals surface area (Å²) in [5.41, 5.74) is 4.77. The Bertz CT molecular complexity index is 446. The van der Waals surface area contributed by atoms with Crippen molar-refractivity contribution in [3.05, 3.63) is 53.6 Å². The molecule has 0 saturated heterocycles. The largest absolute Gasteiger partial charge is 0.381 e. The number of hydrogen-bond donors (Lipinski definition) is 1. The number of nitrogens with zero attached hydrogens (tertiary/aromatic N) is 2. The van der Waals surface area contributed by atoms with Gasteiger partial charge in [-0.05, 0) is 37.1 Å². The molecule has 2 aromatic rings. The summed E-state index contributed by atoms with van der Waals surface area (Å²) in [6.45, 7) is 4.96. The summed E-state index contributed by atoms with van der Waals surface area (Å²) in [6.07, 6.45) is 5.19. The van der Waals surface area contributed by atoms with Gasteiger partial charge in [-0.3, -0.25) is 0 Å². The number of nitrogens with one attached hydrogen (secondary N) is 1. The molecule has 0 atom stereocenters. The van der Waals surface area contributed by atoms with Crippen molar-refractivity contribution < 1.29 is 0 Å². The lowest BCUT2D eigenvalue weighted by molar-refractivity contribution is 1.05. The van der Waals surface area contributed by atoms with E-state index in [-0.39, 0.29) is 0 Å². The van der Waals surface area contributed by atoms with Crippen LogP contribution in [0.1, 0.15) is 16.7 Å². The zero-order valence-corrected chi connectivity index (χ0v) is 9.57. The fourth-order valence-corrected chi connectivity index (χ4v) is 1.70. The predicted molar refractivity (Wildman–Crippen MR) is 65.3 cm³/mol. The maximum absolute atomic E-state index is 3.98. The maximum Gasteiger partial charge on any atom is 0.115 e. The van der Waals surface area contributed by atoms with Crippen molar-refractivity contribution in [2.24, 2.45) is 0 Å². The summed E-state index contributed by atoms with van der Waals surface area (Å²) in [6, 6.07) is 6.43. The van der Waals surface area contributed by atoms with Crippen LogP contribution in [0.3, 0.4) is 0 Å². The number of aromatic nitrogens is 2. The van der Waals surface area contributed by atoms with E-state index in [4.69, 9.17) is 0 Å². The molecule has 1 aromatic carbocycles. The van der Waals surface area contributed by atoms with Gasteiger partial charge in [-0.15, -0.1) is 0 Å².